The highest BCUT2D eigenvalue weighted by Gasteiger charge is 2.35. The van der Waals surface area contributed by atoms with Crippen LogP contribution in [0.1, 0.15) is 30.7 Å². The maximum absolute atomic E-state index is 9.51. The van der Waals surface area contributed by atoms with Crippen molar-refractivity contribution in [2.45, 2.75) is 31.2 Å². The molecule has 1 aliphatic heterocycles. The van der Waals surface area contributed by atoms with Crippen molar-refractivity contribution < 1.29 is 0 Å². The van der Waals surface area contributed by atoms with Gasteiger partial charge in [-0.25, -0.2) is 0 Å². The Morgan fingerprint density at radius 1 is 1.05 bits per heavy atom. The summed E-state index contributed by atoms with van der Waals surface area (Å²) in [5, 5.41) is 9.51. The molecule has 1 aromatic carbocycles. The monoisotopic (exact) mass is 283 g/mol. The largest absolute Gasteiger partial charge is 0.304 e. The average molecular weight is 283 g/mol. The van der Waals surface area contributed by atoms with Gasteiger partial charge in [0.15, 0.2) is 0 Å². The van der Waals surface area contributed by atoms with E-state index in [0.29, 0.717) is 12.0 Å². The van der Waals surface area contributed by atoms with E-state index in [1.165, 1.54) is 5.56 Å². The molecule has 1 heterocycles. The molecule has 3 unspecified atom stereocenters. The molecule has 3 heteroatoms. The topological polar surface area (TPSA) is 30.3 Å². The zero-order valence-corrected chi connectivity index (χ0v) is 12.9. The summed E-state index contributed by atoms with van der Waals surface area (Å²) in [5.41, 5.74) is 1.45. The van der Waals surface area contributed by atoms with Crippen molar-refractivity contribution in [3.8, 4) is 6.07 Å². The number of hydrogen-bond donors (Lipinski definition) is 0. The van der Waals surface area contributed by atoms with E-state index in [-0.39, 0.29) is 5.92 Å². The van der Waals surface area contributed by atoms with E-state index in [9.17, 15) is 5.26 Å². The van der Waals surface area contributed by atoms with E-state index in [1.807, 2.05) is 0 Å². The van der Waals surface area contributed by atoms with E-state index in [4.69, 9.17) is 0 Å². The molecule has 3 nitrogen and oxygen atoms in total. The molecule has 3 atom stereocenters. The molecule has 1 saturated carbocycles. The standard InChI is InChI=1S/C18H25N3/c1-20-9-11-21(12-10-20)18-13-16(7-8-17(18)14-19)15-5-3-2-4-6-15/h2-6,16-18H,7-13H2,1H3. The van der Waals surface area contributed by atoms with Crippen LogP contribution in [0.15, 0.2) is 30.3 Å². The number of rotatable bonds is 2. The number of hydrogen-bond acceptors (Lipinski definition) is 3. The predicted molar refractivity (Wildman–Crippen MR) is 85.0 cm³/mol. The third-order valence-corrected chi connectivity index (χ3v) is 5.26. The van der Waals surface area contributed by atoms with Crippen LogP contribution in [0.5, 0.6) is 0 Å². The molecule has 112 valence electrons. The minimum atomic E-state index is 0.216. The molecule has 1 saturated heterocycles. The number of likely N-dealkylation sites (N-methyl/N-ethyl adjacent to an activating group) is 1. The molecule has 1 aromatic rings. The van der Waals surface area contributed by atoms with Gasteiger partial charge in [0.2, 0.25) is 0 Å². The quantitative estimate of drug-likeness (QED) is 0.836. The lowest BCUT2D eigenvalue weighted by Crippen LogP contribution is -2.52. The first kappa shape index (κ1) is 14.6. The first-order valence-corrected chi connectivity index (χ1v) is 8.15. The molecule has 0 aromatic heterocycles. The Hall–Kier alpha value is -1.37. The van der Waals surface area contributed by atoms with Gasteiger partial charge < -0.3 is 4.90 Å². The summed E-state index contributed by atoms with van der Waals surface area (Å²) in [6, 6.07) is 13.9. The normalized spacial score (nSPS) is 31.7. The van der Waals surface area contributed by atoms with Crippen LogP contribution < -0.4 is 0 Å². The Balaban J connectivity index is 1.72. The van der Waals surface area contributed by atoms with Crippen LogP contribution in [0.4, 0.5) is 0 Å². The van der Waals surface area contributed by atoms with Crippen molar-refractivity contribution in [3.63, 3.8) is 0 Å². The van der Waals surface area contributed by atoms with Crippen LogP contribution in [0.2, 0.25) is 0 Å². The van der Waals surface area contributed by atoms with Gasteiger partial charge in [-0.3, -0.25) is 4.90 Å². The lowest BCUT2D eigenvalue weighted by Gasteiger charge is -2.43. The van der Waals surface area contributed by atoms with Gasteiger partial charge in [-0.05, 0) is 37.8 Å². The van der Waals surface area contributed by atoms with Crippen molar-refractivity contribution in [1.29, 1.82) is 5.26 Å². The van der Waals surface area contributed by atoms with Crippen LogP contribution in [0, 0.1) is 17.2 Å². The number of nitriles is 1. The smallest absolute Gasteiger partial charge is 0.0672 e. The van der Waals surface area contributed by atoms with Gasteiger partial charge in [0.05, 0.1) is 12.0 Å². The second-order valence-electron chi connectivity index (χ2n) is 6.56. The molecule has 0 bridgehead atoms. The number of piperazine rings is 1. The molecule has 0 radical (unpaired) electrons. The minimum Gasteiger partial charge on any atom is -0.304 e. The van der Waals surface area contributed by atoms with Gasteiger partial charge in [-0.1, -0.05) is 30.3 Å². The van der Waals surface area contributed by atoms with Crippen LogP contribution in [0.25, 0.3) is 0 Å². The summed E-state index contributed by atoms with van der Waals surface area (Å²) < 4.78 is 0. The summed E-state index contributed by atoms with van der Waals surface area (Å²) in [7, 11) is 2.19. The fourth-order valence-corrected chi connectivity index (χ4v) is 3.88. The van der Waals surface area contributed by atoms with Crippen molar-refractivity contribution in [1.82, 2.24) is 9.80 Å². The van der Waals surface area contributed by atoms with Crippen LogP contribution in [-0.4, -0.2) is 49.1 Å². The highest BCUT2D eigenvalue weighted by atomic mass is 15.3. The molecular weight excluding hydrogens is 258 g/mol. The first-order chi connectivity index (χ1) is 10.3. The Kier molecular flexibility index (Phi) is 4.57. The Morgan fingerprint density at radius 2 is 1.76 bits per heavy atom. The van der Waals surface area contributed by atoms with Gasteiger partial charge in [0, 0.05) is 32.2 Å². The summed E-state index contributed by atoms with van der Waals surface area (Å²) in [4.78, 5) is 4.96. The lowest BCUT2D eigenvalue weighted by atomic mass is 9.75. The second kappa shape index (κ2) is 6.60. The molecule has 0 N–H and O–H groups in total. The molecule has 0 amide bonds. The van der Waals surface area contributed by atoms with Gasteiger partial charge in [-0.2, -0.15) is 5.26 Å². The van der Waals surface area contributed by atoms with Gasteiger partial charge in [-0.15, -0.1) is 0 Å². The van der Waals surface area contributed by atoms with E-state index < -0.39 is 0 Å². The maximum Gasteiger partial charge on any atom is 0.0672 e. The van der Waals surface area contributed by atoms with E-state index in [0.717, 1.165) is 45.4 Å². The highest BCUT2D eigenvalue weighted by Crippen LogP contribution is 2.38. The van der Waals surface area contributed by atoms with E-state index in [1.54, 1.807) is 0 Å². The molecule has 2 aliphatic rings. The molecule has 0 spiro atoms. The van der Waals surface area contributed by atoms with E-state index >= 15 is 0 Å². The molecule has 3 rings (SSSR count). The third-order valence-electron chi connectivity index (χ3n) is 5.26. The maximum atomic E-state index is 9.51. The summed E-state index contributed by atoms with van der Waals surface area (Å²) in [5.74, 6) is 0.842. The van der Waals surface area contributed by atoms with Gasteiger partial charge in [0.25, 0.3) is 0 Å². The lowest BCUT2D eigenvalue weighted by molar-refractivity contribution is 0.0677. The minimum absolute atomic E-state index is 0.216. The van der Waals surface area contributed by atoms with Crippen molar-refractivity contribution in [2.75, 3.05) is 33.2 Å². The SMILES string of the molecule is CN1CCN(C2CC(c3ccccc3)CCC2C#N)CC1. The number of nitrogens with zero attached hydrogens (tertiary/aromatic N) is 3. The Bertz CT molecular complexity index is 485. The Morgan fingerprint density at radius 3 is 2.43 bits per heavy atom. The highest BCUT2D eigenvalue weighted by molar-refractivity contribution is 5.21. The van der Waals surface area contributed by atoms with Crippen molar-refractivity contribution in [3.05, 3.63) is 35.9 Å². The molecule has 1 aliphatic carbocycles. The van der Waals surface area contributed by atoms with Crippen LogP contribution in [-0.2, 0) is 0 Å². The first-order valence-electron chi connectivity index (χ1n) is 8.15. The molecule has 2 fully saturated rings. The fraction of sp³-hybridized carbons (Fsp3) is 0.611. The zero-order chi connectivity index (χ0) is 14.7. The van der Waals surface area contributed by atoms with Crippen LogP contribution in [0.3, 0.4) is 0 Å². The summed E-state index contributed by atoms with van der Waals surface area (Å²) >= 11 is 0. The zero-order valence-electron chi connectivity index (χ0n) is 12.9. The van der Waals surface area contributed by atoms with Crippen molar-refractivity contribution in [2.24, 2.45) is 5.92 Å². The fourth-order valence-electron chi connectivity index (χ4n) is 3.88. The summed E-state index contributed by atoms with van der Waals surface area (Å²) in [6.45, 7) is 4.48. The van der Waals surface area contributed by atoms with E-state index in [2.05, 4.69) is 53.2 Å². The van der Waals surface area contributed by atoms with Crippen LogP contribution >= 0.6 is 0 Å². The Labute approximate surface area is 128 Å². The second-order valence-corrected chi connectivity index (χ2v) is 6.56. The number of benzene rings is 1. The summed E-state index contributed by atoms with van der Waals surface area (Å²) in [6.07, 6.45) is 3.35. The molecular formula is C18H25N3. The molecule has 21 heavy (non-hydrogen) atoms. The van der Waals surface area contributed by atoms with Gasteiger partial charge in [0.1, 0.15) is 0 Å². The van der Waals surface area contributed by atoms with Gasteiger partial charge >= 0.3 is 0 Å². The predicted octanol–water partition coefficient (Wildman–Crippen LogP) is 2.71. The van der Waals surface area contributed by atoms with Crippen molar-refractivity contribution >= 4 is 0 Å². The average Bonchev–Trinajstić information content (AvgIpc) is 2.56. The third kappa shape index (κ3) is 3.28.